The van der Waals surface area contributed by atoms with Gasteiger partial charge in [-0.15, -0.1) is 0 Å². The molecule has 0 aromatic carbocycles. The van der Waals surface area contributed by atoms with Crippen LogP contribution in [0.4, 0.5) is 0 Å². The van der Waals surface area contributed by atoms with Gasteiger partial charge in [-0.1, -0.05) is 6.58 Å². The molecule has 0 bridgehead atoms. The first kappa shape index (κ1) is 18.1. The maximum atomic E-state index is 11.0. The summed E-state index contributed by atoms with van der Waals surface area (Å²) >= 11 is 0. The number of quaternary nitrogens is 2. The van der Waals surface area contributed by atoms with E-state index in [1.54, 1.807) is 0 Å². The SMILES string of the molecule is C=CC(=O)NCCC[N+](C)(C)CC(O)C[N+](C)(C)C. The molecular formula is C14H31N3O2+2. The summed E-state index contributed by atoms with van der Waals surface area (Å²) in [6.07, 6.45) is 1.87. The predicted molar refractivity (Wildman–Crippen MR) is 78.6 cm³/mol. The van der Waals surface area contributed by atoms with Gasteiger partial charge in [-0.05, 0) is 6.08 Å². The van der Waals surface area contributed by atoms with Gasteiger partial charge >= 0.3 is 0 Å². The fraction of sp³-hybridized carbons (Fsp3) is 0.786. The quantitative estimate of drug-likeness (QED) is 0.348. The average molecular weight is 273 g/mol. The van der Waals surface area contributed by atoms with Gasteiger partial charge < -0.3 is 19.4 Å². The van der Waals surface area contributed by atoms with Crippen molar-refractivity contribution in [2.24, 2.45) is 0 Å². The second-order valence-electron chi connectivity index (χ2n) is 6.82. The monoisotopic (exact) mass is 273 g/mol. The molecule has 0 radical (unpaired) electrons. The third-order valence-electron chi connectivity index (χ3n) is 2.89. The molecule has 5 heteroatoms. The molecule has 1 atom stereocenters. The largest absolute Gasteiger partial charge is 0.382 e. The maximum Gasteiger partial charge on any atom is 0.243 e. The van der Waals surface area contributed by atoms with Crippen LogP contribution in [0.25, 0.3) is 0 Å². The van der Waals surface area contributed by atoms with Crippen molar-refractivity contribution in [3.8, 4) is 0 Å². The second kappa shape index (κ2) is 7.62. The number of likely N-dealkylation sites (N-methyl/N-ethyl adjacent to an activating group) is 2. The third kappa shape index (κ3) is 10.7. The van der Waals surface area contributed by atoms with Gasteiger partial charge in [0.2, 0.25) is 5.91 Å². The first-order valence-corrected chi connectivity index (χ1v) is 6.76. The fourth-order valence-corrected chi connectivity index (χ4v) is 2.14. The summed E-state index contributed by atoms with van der Waals surface area (Å²) in [6, 6.07) is 0. The van der Waals surface area contributed by atoms with E-state index >= 15 is 0 Å². The Balaban J connectivity index is 3.97. The lowest BCUT2D eigenvalue weighted by atomic mass is 10.2. The number of carbonyl (C=O) groups is 1. The van der Waals surface area contributed by atoms with E-state index in [0.717, 1.165) is 35.0 Å². The number of hydrogen-bond acceptors (Lipinski definition) is 2. The number of carbonyl (C=O) groups excluding carboxylic acids is 1. The summed E-state index contributed by atoms with van der Waals surface area (Å²) in [4.78, 5) is 11.0. The smallest absolute Gasteiger partial charge is 0.243 e. The minimum Gasteiger partial charge on any atom is -0.382 e. The highest BCUT2D eigenvalue weighted by Gasteiger charge is 2.24. The molecule has 0 spiro atoms. The third-order valence-corrected chi connectivity index (χ3v) is 2.89. The summed E-state index contributed by atoms with van der Waals surface area (Å²) in [7, 11) is 10.4. The van der Waals surface area contributed by atoms with Crippen molar-refractivity contribution in [3.05, 3.63) is 12.7 Å². The maximum absolute atomic E-state index is 11.0. The van der Waals surface area contributed by atoms with E-state index in [-0.39, 0.29) is 12.0 Å². The van der Waals surface area contributed by atoms with Crippen molar-refractivity contribution in [2.45, 2.75) is 12.5 Å². The zero-order valence-electron chi connectivity index (χ0n) is 13.1. The molecule has 1 unspecified atom stereocenters. The zero-order valence-corrected chi connectivity index (χ0v) is 13.1. The molecule has 0 heterocycles. The van der Waals surface area contributed by atoms with E-state index in [2.05, 4.69) is 47.1 Å². The number of nitrogens with zero attached hydrogens (tertiary/aromatic N) is 2. The van der Waals surface area contributed by atoms with Gasteiger partial charge in [0.1, 0.15) is 13.1 Å². The van der Waals surface area contributed by atoms with E-state index in [1.165, 1.54) is 6.08 Å². The summed E-state index contributed by atoms with van der Waals surface area (Å²) in [5.74, 6) is -0.129. The molecule has 1 amide bonds. The molecule has 0 aliphatic heterocycles. The Morgan fingerprint density at radius 1 is 1.26 bits per heavy atom. The standard InChI is InChI=1S/C14H30N3O2/c1-7-14(19)15-9-8-10-17(5,6)12-13(18)11-16(2,3)4/h7,13,18H,1,8-12H2,2-6H3/q+1/p+1. The molecule has 112 valence electrons. The van der Waals surface area contributed by atoms with Gasteiger partial charge in [0.25, 0.3) is 0 Å². The van der Waals surface area contributed by atoms with E-state index in [1.807, 2.05) is 0 Å². The van der Waals surface area contributed by atoms with Crippen LogP contribution in [0.3, 0.4) is 0 Å². The molecule has 0 saturated carbocycles. The lowest BCUT2D eigenvalue weighted by Gasteiger charge is -2.34. The van der Waals surface area contributed by atoms with Gasteiger partial charge in [0, 0.05) is 13.0 Å². The van der Waals surface area contributed by atoms with Crippen molar-refractivity contribution in [3.63, 3.8) is 0 Å². The topological polar surface area (TPSA) is 49.3 Å². The van der Waals surface area contributed by atoms with E-state index in [0.29, 0.717) is 6.54 Å². The Labute approximate surface area is 117 Å². The molecule has 0 saturated heterocycles. The van der Waals surface area contributed by atoms with Crippen LogP contribution in [0.1, 0.15) is 6.42 Å². The second-order valence-corrected chi connectivity index (χ2v) is 6.82. The first-order valence-electron chi connectivity index (χ1n) is 6.76. The molecule has 2 N–H and O–H groups in total. The molecule has 19 heavy (non-hydrogen) atoms. The number of aliphatic hydroxyl groups is 1. The highest BCUT2D eigenvalue weighted by Crippen LogP contribution is 2.04. The number of amides is 1. The van der Waals surface area contributed by atoms with Gasteiger partial charge in [0.05, 0.1) is 41.8 Å². The van der Waals surface area contributed by atoms with E-state index in [4.69, 9.17) is 0 Å². The van der Waals surface area contributed by atoms with Crippen LogP contribution in [-0.4, -0.2) is 87.5 Å². The Hall–Kier alpha value is -0.910. The summed E-state index contributed by atoms with van der Waals surface area (Å²) in [5, 5.41) is 12.9. The Morgan fingerprint density at radius 3 is 2.32 bits per heavy atom. The van der Waals surface area contributed by atoms with Crippen molar-refractivity contribution in [1.82, 2.24) is 5.32 Å². The highest BCUT2D eigenvalue weighted by molar-refractivity contribution is 5.86. The van der Waals surface area contributed by atoms with E-state index < -0.39 is 0 Å². The van der Waals surface area contributed by atoms with Gasteiger partial charge in [-0.3, -0.25) is 4.79 Å². The summed E-state index contributed by atoms with van der Waals surface area (Å²) in [6.45, 7) is 6.46. The summed E-state index contributed by atoms with van der Waals surface area (Å²) < 4.78 is 1.52. The molecule has 0 aromatic rings. The van der Waals surface area contributed by atoms with Crippen LogP contribution in [0.5, 0.6) is 0 Å². The minimum atomic E-state index is -0.308. The molecule has 0 aliphatic rings. The Kier molecular flexibility index (Phi) is 7.26. The van der Waals surface area contributed by atoms with Crippen molar-refractivity contribution >= 4 is 5.91 Å². The summed E-state index contributed by atoms with van der Waals surface area (Å²) in [5.41, 5.74) is 0. The van der Waals surface area contributed by atoms with Crippen LogP contribution in [0, 0.1) is 0 Å². The normalized spacial score (nSPS) is 14.0. The number of nitrogens with one attached hydrogen (secondary N) is 1. The van der Waals surface area contributed by atoms with Crippen LogP contribution in [0.2, 0.25) is 0 Å². The molecule has 5 nitrogen and oxygen atoms in total. The fourth-order valence-electron chi connectivity index (χ4n) is 2.14. The molecular weight excluding hydrogens is 242 g/mol. The molecule has 0 rings (SSSR count). The number of rotatable bonds is 9. The van der Waals surface area contributed by atoms with Crippen molar-refractivity contribution in [2.75, 3.05) is 61.4 Å². The van der Waals surface area contributed by atoms with Crippen LogP contribution >= 0.6 is 0 Å². The predicted octanol–water partition coefficient (Wildman–Crippen LogP) is -0.178. The van der Waals surface area contributed by atoms with Crippen LogP contribution in [0.15, 0.2) is 12.7 Å². The lowest BCUT2D eigenvalue weighted by molar-refractivity contribution is -0.907. The molecule has 0 aliphatic carbocycles. The Morgan fingerprint density at radius 2 is 1.84 bits per heavy atom. The van der Waals surface area contributed by atoms with Crippen molar-refractivity contribution < 1.29 is 18.9 Å². The first-order chi connectivity index (χ1) is 8.56. The molecule has 0 aromatic heterocycles. The minimum absolute atomic E-state index is 0.129. The van der Waals surface area contributed by atoms with Gasteiger partial charge in [-0.2, -0.15) is 0 Å². The number of hydrogen-bond donors (Lipinski definition) is 2. The lowest BCUT2D eigenvalue weighted by Crippen LogP contribution is -2.51. The van der Waals surface area contributed by atoms with Crippen LogP contribution < -0.4 is 5.32 Å². The zero-order chi connectivity index (χ0) is 15.1. The van der Waals surface area contributed by atoms with Crippen LogP contribution in [-0.2, 0) is 4.79 Å². The molecule has 0 fully saturated rings. The van der Waals surface area contributed by atoms with Gasteiger partial charge in [0.15, 0.2) is 6.10 Å². The Bertz CT molecular complexity index is 296. The number of aliphatic hydroxyl groups excluding tert-OH is 1. The van der Waals surface area contributed by atoms with Crippen molar-refractivity contribution in [1.29, 1.82) is 0 Å². The average Bonchev–Trinajstić information content (AvgIpc) is 2.20. The highest BCUT2D eigenvalue weighted by atomic mass is 16.3. The van der Waals surface area contributed by atoms with Gasteiger partial charge in [-0.25, -0.2) is 0 Å². The van der Waals surface area contributed by atoms with E-state index in [9.17, 15) is 9.90 Å².